The van der Waals surface area contributed by atoms with E-state index >= 15 is 0 Å². The predicted octanol–water partition coefficient (Wildman–Crippen LogP) is 2.88. The second-order valence-corrected chi connectivity index (χ2v) is 5.74. The number of allylic oxidation sites excluding steroid dienone is 1. The van der Waals surface area contributed by atoms with Crippen LogP contribution < -0.4 is 4.74 Å². The van der Waals surface area contributed by atoms with E-state index in [4.69, 9.17) is 4.74 Å². The molecule has 0 amide bonds. The summed E-state index contributed by atoms with van der Waals surface area (Å²) in [4.78, 5) is 12.3. The van der Waals surface area contributed by atoms with Gasteiger partial charge in [-0.05, 0) is 36.8 Å². The lowest BCUT2D eigenvalue weighted by atomic mass is 10.1. The Labute approximate surface area is 146 Å². The third-order valence-electron chi connectivity index (χ3n) is 4.12. The summed E-state index contributed by atoms with van der Waals surface area (Å²) in [5, 5.41) is 8.33. The van der Waals surface area contributed by atoms with Crippen LogP contribution in [0.2, 0.25) is 0 Å². The summed E-state index contributed by atoms with van der Waals surface area (Å²) in [5.41, 5.74) is 3.39. The van der Waals surface area contributed by atoms with Gasteiger partial charge < -0.3 is 4.74 Å². The predicted molar refractivity (Wildman–Crippen MR) is 95.6 cm³/mol. The number of aryl methyl sites for hydroxylation is 1. The van der Waals surface area contributed by atoms with Crippen LogP contribution in [0.15, 0.2) is 48.9 Å². The summed E-state index contributed by atoms with van der Waals surface area (Å²) in [6.45, 7) is 2.48. The average molecular weight is 336 g/mol. The normalized spacial score (nSPS) is 11.2. The zero-order chi connectivity index (χ0) is 17.8. The molecule has 0 unspecified atom stereocenters. The second-order valence-electron chi connectivity index (χ2n) is 5.74. The van der Waals surface area contributed by atoms with Crippen LogP contribution in [0.1, 0.15) is 27.2 Å². The Morgan fingerprint density at radius 1 is 1.32 bits per heavy atom. The van der Waals surface area contributed by atoms with Gasteiger partial charge in [0.1, 0.15) is 5.75 Å². The molecule has 0 fully saturated rings. The Morgan fingerprint density at radius 3 is 2.80 bits per heavy atom. The smallest absolute Gasteiger partial charge is 0.189 e. The van der Waals surface area contributed by atoms with E-state index in [9.17, 15) is 4.79 Å². The van der Waals surface area contributed by atoms with Crippen LogP contribution in [0.25, 0.3) is 6.08 Å². The monoisotopic (exact) mass is 336 g/mol. The fraction of sp³-hybridized carbons (Fsp3) is 0.211. The zero-order valence-corrected chi connectivity index (χ0v) is 14.5. The molecule has 2 aromatic heterocycles. The van der Waals surface area contributed by atoms with Crippen LogP contribution in [-0.4, -0.2) is 32.5 Å². The van der Waals surface area contributed by atoms with Gasteiger partial charge in [0.25, 0.3) is 0 Å². The number of ether oxygens (including phenoxy) is 1. The summed E-state index contributed by atoms with van der Waals surface area (Å²) in [5.74, 6) is 0.733. The fourth-order valence-corrected chi connectivity index (χ4v) is 2.60. The Kier molecular flexibility index (Phi) is 4.79. The van der Waals surface area contributed by atoms with Gasteiger partial charge in [0, 0.05) is 30.7 Å². The maximum Gasteiger partial charge on any atom is 0.189 e. The number of rotatable bonds is 6. The molecule has 0 atom stereocenters. The van der Waals surface area contributed by atoms with Gasteiger partial charge in [0.15, 0.2) is 5.78 Å². The summed E-state index contributed by atoms with van der Waals surface area (Å²) in [6, 6.07) is 7.70. The minimum absolute atomic E-state index is 0.0601. The van der Waals surface area contributed by atoms with Crippen molar-refractivity contribution in [1.82, 2.24) is 19.6 Å². The minimum Gasteiger partial charge on any atom is -0.496 e. The Bertz CT molecular complexity index is 908. The van der Waals surface area contributed by atoms with Gasteiger partial charge in [0.2, 0.25) is 0 Å². The molecule has 0 saturated heterocycles. The fourth-order valence-electron chi connectivity index (χ4n) is 2.60. The number of hydrogen-bond donors (Lipinski definition) is 0. The molecule has 0 radical (unpaired) electrons. The van der Waals surface area contributed by atoms with E-state index in [0.717, 1.165) is 22.6 Å². The quantitative estimate of drug-likeness (QED) is 0.513. The summed E-state index contributed by atoms with van der Waals surface area (Å²) < 4.78 is 8.94. The van der Waals surface area contributed by atoms with Gasteiger partial charge in [-0.1, -0.05) is 12.1 Å². The van der Waals surface area contributed by atoms with Gasteiger partial charge >= 0.3 is 0 Å². The van der Waals surface area contributed by atoms with Crippen molar-refractivity contribution in [3.8, 4) is 5.75 Å². The van der Waals surface area contributed by atoms with Gasteiger partial charge in [0.05, 0.1) is 25.4 Å². The van der Waals surface area contributed by atoms with Crippen LogP contribution in [-0.2, 0) is 13.6 Å². The Morgan fingerprint density at radius 2 is 2.16 bits per heavy atom. The first-order chi connectivity index (χ1) is 12.1. The van der Waals surface area contributed by atoms with Crippen molar-refractivity contribution >= 4 is 11.9 Å². The topological polar surface area (TPSA) is 61.9 Å². The molecule has 0 aliphatic rings. The number of carbonyl (C=O) groups is 1. The van der Waals surface area contributed by atoms with E-state index in [1.807, 2.05) is 49.1 Å². The number of ketones is 1. The van der Waals surface area contributed by atoms with Gasteiger partial charge in [-0.3, -0.25) is 14.2 Å². The number of methoxy groups -OCH3 is 1. The molecule has 25 heavy (non-hydrogen) atoms. The van der Waals surface area contributed by atoms with Crippen molar-refractivity contribution in [1.29, 1.82) is 0 Å². The molecular weight excluding hydrogens is 316 g/mol. The summed E-state index contributed by atoms with van der Waals surface area (Å²) >= 11 is 0. The molecule has 2 heterocycles. The highest BCUT2D eigenvalue weighted by Crippen LogP contribution is 2.22. The molecule has 1 aromatic carbocycles. The molecule has 0 N–H and O–H groups in total. The third-order valence-corrected chi connectivity index (χ3v) is 4.12. The molecule has 0 aliphatic heterocycles. The van der Waals surface area contributed by atoms with E-state index < -0.39 is 0 Å². The molecular formula is C19H20N4O2. The van der Waals surface area contributed by atoms with E-state index in [1.165, 1.54) is 0 Å². The van der Waals surface area contributed by atoms with Crippen molar-refractivity contribution < 1.29 is 9.53 Å². The molecule has 6 heteroatoms. The highest BCUT2D eigenvalue weighted by atomic mass is 16.5. The first-order valence-corrected chi connectivity index (χ1v) is 7.94. The molecule has 0 bridgehead atoms. The molecule has 3 aromatic rings. The lowest BCUT2D eigenvalue weighted by Crippen LogP contribution is -2.02. The highest BCUT2D eigenvalue weighted by Gasteiger charge is 2.10. The SMILES string of the molecule is COc1ccc(/C=C/C(=O)c2cnn(C)c2C)cc1Cn1cccn1. The van der Waals surface area contributed by atoms with Gasteiger partial charge in [-0.15, -0.1) is 0 Å². The number of hydrogen-bond acceptors (Lipinski definition) is 4. The molecule has 3 rings (SSSR count). The van der Waals surface area contributed by atoms with Crippen LogP contribution in [0, 0.1) is 6.92 Å². The first kappa shape index (κ1) is 16.7. The summed E-state index contributed by atoms with van der Waals surface area (Å²) in [6.07, 6.45) is 8.62. The van der Waals surface area contributed by atoms with Crippen molar-refractivity contribution in [2.45, 2.75) is 13.5 Å². The number of carbonyl (C=O) groups excluding carboxylic acids is 1. The maximum atomic E-state index is 12.3. The van der Waals surface area contributed by atoms with Crippen molar-refractivity contribution in [3.05, 3.63) is 71.3 Å². The molecule has 128 valence electrons. The maximum absolute atomic E-state index is 12.3. The van der Waals surface area contributed by atoms with E-state index in [2.05, 4.69) is 10.2 Å². The van der Waals surface area contributed by atoms with Gasteiger partial charge in [-0.2, -0.15) is 10.2 Å². The van der Waals surface area contributed by atoms with Crippen LogP contribution >= 0.6 is 0 Å². The number of aromatic nitrogens is 4. The van der Waals surface area contributed by atoms with E-state index in [-0.39, 0.29) is 5.78 Å². The van der Waals surface area contributed by atoms with Crippen LogP contribution in [0.3, 0.4) is 0 Å². The number of nitrogens with zero attached hydrogens (tertiary/aromatic N) is 4. The summed E-state index contributed by atoms with van der Waals surface area (Å²) in [7, 11) is 3.47. The van der Waals surface area contributed by atoms with Crippen LogP contribution in [0.4, 0.5) is 0 Å². The highest BCUT2D eigenvalue weighted by molar-refractivity contribution is 6.07. The lowest BCUT2D eigenvalue weighted by Gasteiger charge is -2.09. The van der Waals surface area contributed by atoms with Crippen LogP contribution in [0.5, 0.6) is 5.75 Å². The zero-order valence-electron chi connectivity index (χ0n) is 14.5. The number of benzene rings is 1. The van der Waals surface area contributed by atoms with Gasteiger partial charge in [-0.25, -0.2) is 0 Å². The van der Waals surface area contributed by atoms with Crippen molar-refractivity contribution in [3.63, 3.8) is 0 Å². The Hall–Kier alpha value is -3.15. The third kappa shape index (κ3) is 3.68. The first-order valence-electron chi connectivity index (χ1n) is 7.94. The largest absolute Gasteiger partial charge is 0.496 e. The van der Waals surface area contributed by atoms with Crippen molar-refractivity contribution in [2.24, 2.45) is 7.05 Å². The average Bonchev–Trinajstić information content (AvgIpc) is 3.24. The molecule has 0 aliphatic carbocycles. The standard InChI is InChI=1S/C19H20N4O2/c1-14-17(12-21-22(14)2)18(24)7-5-15-6-8-19(25-3)16(11-15)13-23-10-4-9-20-23/h4-12H,13H2,1-3H3/b7-5+. The van der Waals surface area contributed by atoms with Crippen molar-refractivity contribution in [2.75, 3.05) is 7.11 Å². The molecule has 0 spiro atoms. The molecule has 0 saturated carbocycles. The Balaban J connectivity index is 1.82. The lowest BCUT2D eigenvalue weighted by molar-refractivity contribution is 0.104. The van der Waals surface area contributed by atoms with E-state index in [1.54, 1.807) is 36.3 Å². The second kappa shape index (κ2) is 7.17. The minimum atomic E-state index is -0.0601. The van der Waals surface area contributed by atoms with E-state index in [0.29, 0.717) is 12.1 Å². The molecule has 6 nitrogen and oxygen atoms in total.